The Morgan fingerprint density at radius 2 is 1.89 bits per heavy atom. The Bertz CT molecular complexity index is 985. The van der Waals surface area contributed by atoms with Gasteiger partial charge >= 0.3 is 6.03 Å². The van der Waals surface area contributed by atoms with Crippen LogP contribution in [-0.2, 0) is 11.4 Å². The normalized spacial score (nSPS) is 14.6. The summed E-state index contributed by atoms with van der Waals surface area (Å²) in [5.41, 5.74) is 1.41. The number of carbonyl (C=O) groups excluding carboxylic acids is 3. The molecule has 8 nitrogen and oxygen atoms in total. The molecule has 0 aliphatic carbocycles. The SMILES string of the molecule is COc1cc(/C=C2\NC(=O)NC2=O)cc(Cl)c1OCc1ccc(C(=O)[O-])cc1. The number of rotatable bonds is 6. The Hall–Kier alpha value is -3.52. The highest BCUT2D eigenvalue weighted by Crippen LogP contribution is 2.37. The van der Waals surface area contributed by atoms with Crippen molar-refractivity contribution in [2.75, 3.05) is 7.11 Å². The largest absolute Gasteiger partial charge is 0.545 e. The average molecular weight is 402 g/mol. The zero-order valence-electron chi connectivity index (χ0n) is 14.6. The molecule has 2 aromatic rings. The number of carboxylic acids is 1. The van der Waals surface area contributed by atoms with Crippen molar-refractivity contribution >= 4 is 35.6 Å². The topological polar surface area (TPSA) is 117 Å². The molecule has 1 saturated heterocycles. The molecule has 1 fully saturated rings. The Morgan fingerprint density at radius 3 is 2.46 bits per heavy atom. The lowest BCUT2D eigenvalue weighted by Crippen LogP contribution is -2.22. The van der Waals surface area contributed by atoms with Crippen LogP contribution in [0.15, 0.2) is 42.1 Å². The maximum Gasteiger partial charge on any atom is 0.326 e. The van der Waals surface area contributed by atoms with E-state index >= 15 is 0 Å². The molecule has 3 amide bonds. The van der Waals surface area contributed by atoms with Crippen LogP contribution in [0.2, 0.25) is 5.02 Å². The van der Waals surface area contributed by atoms with Gasteiger partial charge in [0.25, 0.3) is 5.91 Å². The van der Waals surface area contributed by atoms with Crippen LogP contribution in [0.5, 0.6) is 11.5 Å². The van der Waals surface area contributed by atoms with Crippen molar-refractivity contribution in [3.63, 3.8) is 0 Å². The summed E-state index contributed by atoms with van der Waals surface area (Å²) in [4.78, 5) is 33.6. The Kier molecular flexibility index (Phi) is 5.51. The number of aromatic carboxylic acids is 1. The molecule has 0 radical (unpaired) electrons. The van der Waals surface area contributed by atoms with Crippen molar-refractivity contribution in [1.29, 1.82) is 0 Å². The fourth-order valence-electron chi connectivity index (χ4n) is 2.50. The summed E-state index contributed by atoms with van der Waals surface area (Å²) in [6, 6.07) is 8.61. The van der Waals surface area contributed by atoms with Gasteiger partial charge in [-0.1, -0.05) is 35.9 Å². The number of hydrogen-bond donors (Lipinski definition) is 2. The van der Waals surface area contributed by atoms with Crippen LogP contribution < -0.4 is 25.2 Å². The van der Waals surface area contributed by atoms with E-state index in [9.17, 15) is 19.5 Å². The summed E-state index contributed by atoms with van der Waals surface area (Å²) in [5, 5.41) is 15.5. The zero-order chi connectivity index (χ0) is 20.3. The molecule has 2 N–H and O–H groups in total. The molecular weight excluding hydrogens is 388 g/mol. The summed E-state index contributed by atoms with van der Waals surface area (Å²) in [7, 11) is 1.44. The number of carboxylic acid groups (broad SMARTS) is 1. The second-order valence-electron chi connectivity index (χ2n) is 5.77. The van der Waals surface area contributed by atoms with Gasteiger partial charge < -0.3 is 24.7 Å². The Morgan fingerprint density at radius 1 is 1.18 bits per heavy atom. The van der Waals surface area contributed by atoms with Crippen molar-refractivity contribution in [1.82, 2.24) is 10.6 Å². The molecule has 1 aliphatic heterocycles. The number of halogens is 1. The van der Waals surface area contributed by atoms with Crippen molar-refractivity contribution in [2.45, 2.75) is 6.61 Å². The number of amides is 3. The van der Waals surface area contributed by atoms with Crippen LogP contribution >= 0.6 is 11.6 Å². The molecule has 9 heteroatoms. The Labute approximate surface area is 164 Å². The zero-order valence-corrected chi connectivity index (χ0v) is 15.3. The van der Waals surface area contributed by atoms with E-state index < -0.39 is 17.9 Å². The molecule has 144 valence electrons. The van der Waals surface area contributed by atoms with Crippen LogP contribution in [0.3, 0.4) is 0 Å². The molecular formula is C19H14ClN2O6-. The number of urea groups is 1. The third-order valence-corrected chi connectivity index (χ3v) is 4.14. The number of methoxy groups -OCH3 is 1. The molecule has 2 aromatic carbocycles. The minimum atomic E-state index is -1.26. The highest BCUT2D eigenvalue weighted by Gasteiger charge is 2.23. The van der Waals surface area contributed by atoms with Gasteiger partial charge in [-0.15, -0.1) is 0 Å². The third kappa shape index (κ3) is 4.24. The predicted octanol–water partition coefficient (Wildman–Crippen LogP) is 1.47. The lowest BCUT2D eigenvalue weighted by atomic mass is 10.1. The average Bonchev–Trinajstić information content (AvgIpc) is 2.97. The maximum atomic E-state index is 11.6. The van der Waals surface area contributed by atoms with Gasteiger partial charge in [-0.3, -0.25) is 10.1 Å². The molecule has 1 heterocycles. The van der Waals surface area contributed by atoms with Gasteiger partial charge in [0.2, 0.25) is 0 Å². The molecule has 3 rings (SSSR count). The van der Waals surface area contributed by atoms with Crippen LogP contribution in [0.4, 0.5) is 4.79 Å². The predicted molar refractivity (Wildman–Crippen MR) is 97.8 cm³/mol. The lowest BCUT2D eigenvalue weighted by molar-refractivity contribution is -0.255. The first-order valence-electron chi connectivity index (χ1n) is 8.02. The van der Waals surface area contributed by atoms with Gasteiger partial charge in [0, 0.05) is 0 Å². The van der Waals surface area contributed by atoms with Gasteiger partial charge in [0.05, 0.1) is 18.1 Å². The quantitative estimate of drug-likeness (QED) is 0.559. The van der Waals surface area contributed by atoms with Crippen LogP contribution in [-0.4, -0.2) is 25.0 Å². The van der Waals surface area contributed by atoms with Crippen molar-refractivity contribution in [2.24, 2.45) is 0 Å². The van der Waals surface area contributed by atoms with E-state index in [-0.39, 0.29) is 28.6 Å². The number of carbonyl (C=O) groups is 3. The van der Waals surface area contributed by atoms with Gasteiger partial charge in [-0.2, -0.15) is 0 Å². The van der Waals surface area contributed by atoms with Crippen molar-refractivity contribution in [3.8, 4) is 11.5 Å². The summed E-state index contributed by atoms with van der Waals surface area (Å²) < 4.78 is 11.0. The van der Waals surface area contributed by atoms with Gasteiger partial charge in [-0.05, 0) is 34.9 Å². The molecule has 1 aliphatic rings. The fourth-order valence-corrected chi connectivity index (χ4v) is 2.78. The van der Waals surface area contributed by atoms with Gasteiger partial charge in [0.1, 0.15) is 12.3 Å². The maximum absolute atomic E-state index is 11.6. The monoisotopic (exact) mass is 401 g/mol. The van der Waals surface area contributed by atoms with E-state index in [1.54, 1.807) is 24.3 Å². The standard InChI is InChI=1S/C19H15ClN2O6/c1-27-15-8-11(7-14-17(23)22-19(26)21-14)6-13(20)16(15)28-9-10-2-4-12(5-3-10)18(24)25/h2-8H,9H2,1H3,(H,24,25)(H2,21,22,23,26)/p-1/b14-7-. The number of nitrogens with one attached hydrogen (secondary N) is 2. The Balaban J connectivity index is 1.80. The first kappa shape index (κ1) is 19.2. The van der Waals surface area contributed by atoms with E-state index in [1.165, 1.54) is 25.3 Å². The van der Waals surface area contributed by atoms with E-state index in [0.29, 0.717) is 11.3 Å². The fraction of sp³-hybridized carbons (Fsp3) is 0.105. The summed E-state index contributed by atoms with van der Waals surface area (Å²) in [5.74, 6) is -1.18. The molecule has 28 heavy (non-hydrogen) atoms. The first-order chi connectivity index (χ1) is 13.4. The minimum absolute atomic E-state index is 0.0693. The van der Waals surface area contributed by atoms with Crippen LogP contribution in [0.25, 0.3) is 6.08 Å². The van der Waals surface area contributed by atoms with Crippen LogP contribution in [0, 0.1) is 0 Å². The number of imide groups is 1. The minimum Gasteiger partial charge on any atom is -0.545 e. The number of benzene rings is 2. The van der Waals surface area contributed by atoms with E-state index in [0.717, 1.165) is 5.56 Å². The highest BCUT2D eigenvalue weighted by molar-refractivity contribution is 6.32. The summed E-state index contributed by atoms with van der Waals surface area (Å²) in [6.45, 7) is 0.127. The van der Waals surface area contributed by atoms with E-state index in [4.69, 9.17) is 21.1 Å². The molecule has 0 unspecified atom stereocenters. The van der Waals surface area contributed by atoms with Crippen LogP contribution in [0.1, 0.15) is 21.5 Å². The van der Waals surface area contributed by atoms with Gasteiger partial charge in [0.15, 0.2) is 11.5 Å². The van der Waals surface area contributed by atoms with Crippen molar-refractivity contribution < 1.29 is 29.0 Å². The van der Waals surface area contributed by atoms with E-state index in [1.807, 2.05) is 0 Å². The molecule has 0 aromatic heterocycles. The van der Waals surface area contributed by atoms with Crippen molar-refractivity contribution in [3.05, 3.63) is 63.8 Å². The first-order valence-corrected chi connectivity index (χ1v) is 8.40. The van der Waals surface area contributed by atoms with Gasteiger partial charge in [-0.25, -0.2) is 4.79 Å². The highest BCUT2D eigenvalue weighted by atomic mass is 35.5. The molecule has 0 atom stereocenters. The lowest BCUT2D eigenvalue weighted by Gasteiger charge is -2.14. The molecule has 0 spiro atoms. The molecule has 0 saturated carbocycles. The summed E-state index contributed by atoms with van der Waals surface area (Å²) >= 11 is 6.29. The summed E-state index contributed by atoms with van der Waals surface area (Å²) in [6.07, 6.45) is 1.46. The smallest absolute Gasteiger partial charge is 0.326 e. The molecule has 0 bridgehead atoms. The number of hydrogen-bond acceptors (Lipinski definition) is 6. The number of ether oxygens (including phenoxy) is 2. The second-order valence-corrected chi connectivity index (χ2v) is 6.18. The van der Waals surface area contributed by atoms with E-state index in [2.05, 4.69) is 10.6 Å². The second kappa shape index (κ2) is 8.01. The third-order valence-electron chi connectivity index (χ3n) is 3.86.